The van der Waals surface area contributed by atoms with Crippen LogP contribution >= 0.6 is 24.2 Å². The molecule has 2 aromatic carbocycles. The molecule has 0 radical (unpaired) electrons. The molecule has 2 fully saturated rings. The SMILES string of the molecule is Cl.O=C(NC1CC2CCC(C1)N2)c1ccccc1Sc1ccccc1. The molecule has 2 aliphatic heterocycles. The standard InChI is InChI=1S/C20H22N2OS.ClH/c23-20(22-16-12-14-10-11-15(13-16)21-14)18-8-4-5-9-19(18)24-17-6-2-1-3-7-17;/h1-9,14-16,21H,10-13H2,(H,22,23);1H. The first kappa shape index (κ1) is 18.3. The third kappa shape index (κ3) is 4.38. The van der Waals surface area contributed by atoms with Crippen LogP contribution in [-0.4, -0.2) is 24.0 Å². The molecule has 2 aromatic rings. The van der Waals surface area contributed by atoms with Gasteiger partial charge >= 0.3 is 0 Å². The van der Waals surface area contributed by atoms with Gasteiger partial charge in [0, 0.05) is 27.9 Å². The lowest BCUT2D eigenvalue weighted by atomic mass is 9.99. The predicted molar refractivity (Wildman–Crippen MR) is 105 cm³/mol. The second-order valence-corrected chi connectivity index (χ2v) is 7.81. The summed E-state index contributed by atoms with van der Waals surface area (Å²) in [4.78, 5) is 15.0. The van der Waals surface area contributed by atoms with E-state index in [2.05, 4.69) is 22.8 Å². The number of amides is 1. The third-order valence-electron chi connectivity index (χ3n) is 4.91. The Morgan fingerprint density at radius 2 is 1.60 bits per heavy atom. The summed E-state index contributed by atoms with van der Waals surface area (Å²) < 4.78 is 0. The molecule has 2 heterocycles. The van der Waals surface area contributed by atoms with Crippen LogP contribution in [0.2, 0.25) is 0 Å². The van der Waals surface area contributed by atoms with Gasteiger partial charge in [-0.15, -0.1) is 12.4 Å². The van der Waals surface area contributed by atoms with Crippen LogP contribution in [0.4, 0.5) is 0 Å². The predicted octanol–water partition coefficient (Wildman–Crippen LogP) is 4.27. The number of carbonyl (C=O) groups is 1. The van der Waals surface area contributed by atoms with Crippen LogP contribution in [0.25, 0.3) is 0 Å². The number of hydrogen-bond donors (Lipinski definition) is 2. The lowest BCUT2D eigenvalue weighted by molar-refractivity contribution is 0.0921. The summed E-state index contributed by atoms with van der Waals surface area (Å²) in [6.45, 7) is 0. The Labute approximate surface area is 159 Å². The Kier molecular flexibility index (Phi) is 6.05. The summed E-state index contributed by atoms with van der Waals surface area (Å²) in [5.74, 6) is 0.0559. The average molecular weight is 375 g/mol. The molecule has 0 aliphatic carbocycles. The number of nitrogens with one attached hydrogen (secondary N) is 2. The third-order valence-corrected chi connectivity index (χ3v) is 5.99. The maximum Gasteiger partial charge on any atom is 0.252 e. The molecule has 0 saturated carbocycles. The van der Waals surface area contributed by atoms with Crippen molar-refractivity contribution in [2.45, 2.75) is 53.6 Å². The molecule has 3 nitrogen and oxygen atoms in total. The van der Waals surface area contributed by atoms with Crippen LogP contribution in [-0.2, 0) is 0 Å². The van der Waals surface area contributed by atoms with Gasteiger partial charge in [-0.2, -0.15) is 0 Å². The molecule has 25 heavy (non-hydrogen) atoms. The Morgan fingerprint density at radius 1 is 0.960 bits per heavy atom. The fourth-order valence-corrected chi connectivity index (χ4v) is 4.76. The van der Waals surface area contributed by atoms with Crippen molar-refractivity contribution < 1.29 is 4.79 Å². The normalized spacial score (nSPS) is 24.4. The van der Waals surface area contributed by atoms with E-state index in [9.17, 15) is 4.79 Å². The molecule has 0 aromatic heterocycles. The van der Waals surface area contributed by atoms with Crippen molar-refractivity contribution >= 4 is 30.1 Å². The van der Waals surface area contributed by atoms with E-state index in [1.54, 1.807) is 11.8 Å². The summed E-state index contributed by atoms with van der Waals surface area (Å²) in [7, 11) is 0. The molecule has 2 saturated heterocycles. The summed E-state index contributed by atoms with van der Waals surface area (Å²) in [6, 6.07) is 19.6. The van der Waals surface area contributed by atoms with Crippen LogP contribution in [0.5, 0.6) is 0 Å². The van der Waals surface area contributed by atoms with Crippen molar-refractivity contribution in [2.75, 3.05) is 0 Å². The molecular weight excluding hydrogens is 352 g/mol. The quantitative estimate of drug-likeness (QED) is 0.839. The van der Waals surface area contributed by atoms with Gasteiger partial charge in [0.25, 0.3) is 5.91 Å². The van der Waals surface area contributed by atoms with Gasteiger partial charge in [0.15, 0.2) is 0 Å². The Hall–Kier alpha value is -1.49. The van der Waals surface area contributed by atoms with E-state index in [1.165, 1.54) is 12.8 Å². The molecular formula is C20H23ClN2OS. The number of carbonyl (C=O) groups excluding carboxylic acids is 1. The molecule has 4 rings (SSSR count). The monoisotopic (exact) mass is 374 g/mol. The van der Waals surface area contributed by atoms with Crippen molar-refractivity contribution in [3.8, 4) is 0 Å². The van der Waals surface area contributed by atoms with Gasteiger partial charge in [-0.05, 0) is 49.9 Å². The van der Waals surface area contributed by atoms with Crippen LogP contribution in [0.15, 0.2) is 64.4 Å². The average Bonchev–Trinajstić information content (AvgIpc) is 2.95. The van der Waals surface area contributed by atoms with Crippen molar-refractivity contribution in [1.29, 1.82) is 0 Å². The zero-order valence-corrected chi connectivity index (χ0v) is 15.6. The first-order valence-electron chi connectivity index (χ1n) is 8.67. The zero-order chi connectivity index (χ0) is 16.4. The lowest BCUT2D eigenvalue weighted by Crippen LogP contribution is -2.48. The van der Waals surface area contributed by atoms with E-state index in [4.69, 9.17) is 0 Å². The van der Waals surface area contributed by atoms with Gasteiger partial charge in [0.2, 0.25) is 0 Å². The lowest BCUT2D eigenvalue weighted by Gasteiger charge is -2.29. The van der Waals surface area contributed by atoms with Gasteiger partial charge in [0.05, 0.1) is 5.56 Å². The number of hydrogen-bond acceptors (Lipinski definition) is 3. The molecule has 5 heteroatoms. The molecule has 2 aliphatic rings. The first-order chi connectivity index (χ1) is 11.8. The van der Waals surface area contributed by atoms with Crippen molar-refractivity contribution in [3.05, 3.63) is 60.2 Å². The second-order valence-electron chi connectivity index (χ2n) is 6.69. The highest BCUT2D eigenvalue weighted by Gasteiger charge is 2.34. The molecule has 2 N–H and O–H groups in total. The van der Waals surface area contributed by atoms with E-state index in [-0.39, 0.29) is 18.3 Å². The maximum atomic E-state index is 12.8. The number of halogens is 1. The van der Waals surface area contributed by atoms with Crippen LogP contribution in [0.1, 0.15) is 36.0 Å². The molecule has 2 atom stereocenters. The summed E-state index contributed by atoms with van der Waals surface area (Å²) in [5.41, 5.74) is 0.775. The fraction of sp³-hybridized carbons (Fsp3) is 0.350. The largest absolute Gasteiger partial charge is 0.349 e. The summed E-state index contributed by atoms with van der Waals surface area (Å²) in [5, 5.41) is 6.89. The summed E-state index contributed by atoms with van der Waals surface area (Å²) >= 11 is 1.64. The number of benzene rings is 2. The second kappa shape index (κ2) is 8.26. The van der Waals surface area contributed by atoms with E-state index in [0.29, 0.717) is 18.1 Å². The van der Waals surface area contributed by atoms with Crippen LogP contribution in [0, 0.1) is 0 Å². The van der Waals surface area contributed by atoms with E-state index in [0.717, 1.165) is 28.2 Å². The number of rotatable bonds is 4. The zero-order valence-electron chi connectivity index (χ0n) is 14.0. The number of fused-ring (bicyclic) bond motifs is 2. The van der Waals surface area contributed by atoms with Crippen molar-refractivity contribution in [2.24, 2.45) is 0 Å². The molecule has 2 unspecified atom stereocenters. The Balaban J connectivity index is 0.00000182. The van der Waals surface area contributed by atoms with E-state index in [1.807, 2.05) is 42.5 Å². The topological polar surface area (TPSA) is 41.1 Å². The maximum absolute atomic E-state index is 12.8. The van der Waals surface area contributed by atoms with Gasteiger partial charge in [-0.25, -0.2) is 0 Å². The number of piperidine rings is 1. The van der Waals surface area contributed by atoms with E-state index >= 15 is 0 Å². The summed E-state index contributed by atoms with van der Waals surface area (Å²) in [6.07, 6.45) is 4.60. The van der Waals surface area contributed by atoms with Gasteiger partial charge in [-0.3, -0.25) is 4.79 Å². The van der Waals surface area contributed by atoms with Crippen LogP contribution in [0.3, 0.4) is 0 Å². The fourth-order valence-electron chi connectivity index (χ4n) is 3.80. The Morgan fingerprint density at radius 3 is 2.32 bits per heavy atom. The highest BCUT2D eigenvalue weighted by Crippen LogP contribution is 2.31. The molecule has 1 amide bonds. The molecule has 132 valence electrons. The van der Waals surface area contributed by atoms with Crippen molar-refractivity contribution in [3.63, 3.8) is 0 Å². The van der Waals surface area contributed by atoms with Crippen molar-refractivity contribution in [1.82, 2.24) is 10.6 Å². The van der Waals surface area contributed by atoms with Gasteiger partial charge < -0.3 is 10.6 Å². The minimum Gasteiger partial charge on any atom is -0.349 e. The van der Waals surface area contributed by atoms with Gasteiger partial charge in [-0.1, -0.05) is 42.1 Å². The molecule has 0 spiro atoms. The highest BCUT2D eigenvalue weighted by atomic mass is 35.5. The molecule has 2 bridgehead atoms. The Bertz CT molecular complexity index is 713. The van der Waals surface area contributed by atoms with Crippen LogP contribution < -0.4 is 10.6 Å². The minimum absolute atomic E-state index is 0. The highest BCUT2D eigenvalue weighted by molar-refractivity contribution is 7.99. The van der Waals surface area contributed by atoms with Gasteiger partial charge in [0.1, 0.15) is 0 Å². The van der Waals surface area contributed by atoms with E-state index < -0.39 is 0 Å². The minimum atomic E-state index is 0. The smallest absolute Gasteiger partial charge is 0.252 e. The first-order valence-corrected chi connectivity index (χ1v) is 9.48.